The molecule has 0 aromatic heterocycles. The highest BCUT2D eigenvalue weighted by molar-refractivity contribution is 5.80. The molecular weight excluding hydrogens is 338 g/mol. The van der Waals surface area contributed by atoms with Crippen LogP contribution in [0.25, 0.3) is 0 Å². The topological polar surface area (TPSA) is 36.0 Å². The van der Waals surface area contributed by atoms with E-state index in [4.69, 9.17) is 4.74 Å². The molecule has 0 aromatic rings. The lowest BCUT2D eigenvalue weighted by Crippen LogP contribution is -2.55. The summed E-state index contributed by atoms with van der Waals surface area (Å²) in [5.74, 6) is 1.48. The third-order valence-electron chi connectivity index (χ3n) is 6.87. The molecule has 3 aliphatic rings. The van der Waals surface area contributed by atoms with Crippen molar-refractivity contribution in [2.45, 2.75) is 71.4 Å². The van der Waals surface area contributed by atoms with E-state index in [1.54, 1.807) is 0 Å². The van der Waals surface area contributed by atoms with Gasteiger partial charge < -0.3 is 19.4 Å². The van der Waals surface area contributed by atoms with Crippen LogP contribution in [0, 0.1) is 11.8 Å². The van der Waals surface area contributed by atoms with Crippen molar-refractivity contribution < 1.29 is 9.53 Å². The molecule has 1 amide bonds. The summed E-state index contributed by atoms with van der Waals surface area (Å²) in [7, 11) is 0. The van der Waals surface area contributed by atoms with Gasteiger partial charge in [-0.15, -0.1) is 0 Å². The number of rotatable bonds is 8. The largest absolute Gasteiger partial charge is 0.378 e. The fraction of sp³-hybridized carbons (Fsp3) is 0.955. The fourth-order valence-corrected chi connectivity index (χ4v) is 4.78. The van der Waals surface area contributed by atoms with Crippen molar-refractivity contribution in [1.82, 2.24) is 14.7 Å². The first kappa shape index (κ1) is 21.1. The SMILES string of the molecule is CCN1CCN(C(=O)C2CC(N3CCC(OCCCC(C)C)CC3)C2)CC1. The summed E-state index contributed by atoms with van der Waals surface area (Å²) in [4.78, 5) is 19.9. The third-order valence-corrected chi connectivity index (χ3v) is 6.87. The van der Waals surface area contributed by atoms with Gasteiger partial charge in [-0.05, 0) is 51.0 Å². The number of likely N-dealkylation sites (tertiary alicyclic amines) is 1. The Bertz CT molecular complexity index is 448. The van der Waals surface area contributed by atoms with E-state index in [0.29, 0.717) is 18.1 Å². The number of likely N-dealkylation sites (N-methyl/N-ethyl adjacent to an activating group) is 1. The average Bonchev–Trinajstić information content (AvgIpc) is 2.65. The molecule has 156 valence electrons. The van der Waals surface area contributed by atoms with E-state index < -0.39 is 0 Å². The van der Waals surface area contributed by atoms with Crippen LogP contribution in [0.4, 0.5) is 0 Å². The van der Waals surface area contributed by atoms with E-state index in [0.717, 1.165) is 84.0 Å². The Morgan fingerprint density at radius 1 is 1.04 bits per heavy atom. The molecule has 0 radical (unpaired) electrons. The van der Waals surface area contributed by atoms with Crippen LogP contribution >= 0.6 is 0 Å². The number of hydrogen-bond acceptors (Lipinski definition) is 4. The van der Waals surface area contributed by atoms with Crippen molar-refractivity contribution in [3.63, 3.8) is 0 Å². The number of amides is 1. The zero-order chi connectivity index (χ0) is 19.2. The number of nitrogens with zero attached hydrogens (tertiary/aromatic N) is 3. The summed E-state index contributed by atoms with van der Waals surface area (Å²) in [5.41, 5.74) is 0. The van der Waals surface area contributed by atoms with Crippen LogP contribution in [0.3, 0.4) is 0 Å². The van der Waals surface area contributed by atoms with Gasteiger partial charge >= 0.3 is 0 Å². The minimum absolute atomic E-state index is 0.285. The lowest BCUT2D eigenvalue weighted by atomic mass is 9.77. The molecule has 2 heterocycles. The standard InChI is InChI=1S/C22H41N3O2/c1-4-23-11-13-25(14-12-23)22(26)19-16-20(17-19)24-9-7-21(8-10-24)27-15-5-6-18(2)3/h18-21H,4-17H2,1-3H3. The molecule has 0 N–H and O–H groups in total. The van der Waals surface area contributed by atoms with Crippen LogP contribution in [-0.4, -0.2) is 85.2 Å². The molecule has 0 unspecified atom stereocenters. The predicted molar refractivity (Wildman–Crippen MR) is 110 cm³/mol. The Balaban J connectivity index is 1.29. The van der Waals surface area contributed by atoms with Crippen LogP contribution < -0.4 is 0 Å². The van der Waals surface area contributed by atoms with Crippen LogP contribution in [0.2, 0.25) is 0 Å². The van der Waals surface area contributed by atoms with Gasteiger partial charge in [0.15, 0.2) is 0 Å². The second-order valence-electron chi connectivity index (χ2n) is 9.22. The average molecular weight is 380 g/mol. The fourth-order valence-electron chi connectivity index (χ4n) is 4.78. The Kier molecular flexibility index (Phi) is 7.97. The van der Waals surface area contributed by atoms with Crippen LogP contribution in [0.5, 0.6) is 0 Å². The third kappa shape index (κ3) is 5.91. The van der Waals surface area contributed by atoms with Gasteiger partial charge in [-0.2, -0.15) is 0 Å². The highest BCUT2D eigenvalue weighted by Crippen LogP contribution is 2.35. The molecule has 27 heavy (non-hydrogen) atoms. The van der Waals surface area contributed by atoms with Gasteiger partial charge in [0.05, 0.1) is 6.10 Å². The van der Waals surface area contributed by atoms with E-state index in [2.05, 4.69) is 35.5 Å². The molecule has 0 bridgehead atoms. The van der Waals surface area contributed by atoms with Gasteiger partial charge in [0.25, 0.3) is 0 Å². The van der Waals surface area contributed by atoms with Gasteiger partial charge in [-0.3, -0.25) is 4.79 Å². The molecule has 1 aliphatic carbocycles. The van der Waals surface area contributed by atoms with Crippen LogP contribution in [0.15, 0.2) is 0 Å². The minimum atomic E-state index is 0.285. The highest BCUT2D eigenvalue weighted by atomic mass is 16.5. The first-order valence-corrected chi connectivity index (χ1v) is 11.4. The summed E-state index contributed by atoms with van der Waals surface area (Å²) in [5, 5.41) is 0. The molecule has 0 atom stereocenters. The molecule has 2 saturated heterocycles. The Labute approximate surface area is 166 Å². The Morgan fingerprint density at radius 3 is 2.30 bits per heavy atom. The molecule has 3 fully saturated rings. The van der Waals surface area contributed by atoms with E-state index in [1.165, 1.54) is 12.8 Å². The van der Waals surface area contributed by atoms with E-state index in [-0.39, 0.29) is 5.92 Å². The second kappa shape index (κ2) is 10.2. The van der Waals surface area contributed by atoms with Crippen molar-refractivity contribution in [3.05, 3.63) is 0 Å². The predicted octanol–water partition coefficient (Wildman–Crippen LogP) is 2.85. The van der Waals surface area contributed by atoms with Gasteiger partial charge in [-0.25, -0.2) is 0 Å². The number of piperazine rings is 1. The van der Waals surface area contributed by atoms with Gasteiger partial charge in [-0.1, -0.05) is 20.8 Å². The molecule has 0 aromatic carbocycles. The van der Waals surface area contributed by atoms with Gasteiger partial charge in [0.2, 0.25) is 5.91 Å². The first-order valence-electron chi connectivity index (χ1n) is 11.4. The summed E-state index contributed by atoms with van der Waals surface area (Å²) in [6.45, 7) is 15.0. The molecular formula is C22H41N3O2. The lowest BCUT2D eigenvalue weighted by molar-refractivity contribution is -0.143. The maximum Gasteiger partial charge on any atom is 0.225 e. The highest BCUT2D eigenvalue weighted by Gasteiger charge is 2.41. The number of hydrogen-bond donors (Lipinski definition) is 0. The van der Waals surface area contributed by atoms with Crippen molar-refractivity contribution in [2.24, 2.45) is 11.8 Å². The summed E-state index contributed by atoms with van der Waals surface area (Å²) < 4.78 is 6.08. The number of ether oxygens (including phenoxy) is 1. The van der Waals surface area contributed by atoms with Crippen molar-refractivity contribution >= 4 is 5.91 Å². The maximum atomic E-state index is 12.7. The summed E-state index contributed by atoms with van der Waals surface area (Å²) in [6.07, 6.45) is 7.40. The first-order chi connectivity index (χ1) is 13.1. The zero-order valence-electron chi connectivity index (χ0n) is 17.9. The molecule has 5 heteroatoms. The molecule has 2 aliphatic heterocycles. The molecule has 3 rings (SSSR count). The quantitative estimate of drug-likeness (QED) is 0.608. The number of carbonyl (C=O) groups is 1. The molecule has 0 spiro atoms. The number of piperidine rings is 1. The smallest absolute Gasteiger partial charge is 0.225 e. The van der Waals surface area contributed by atoms with Crippen molar-refractivity contribution in [2.75, 3.05) is 52.4 Å². The molecule has 1 saturated carbocycles. The second-order valence-corrected chi connectivity index (χ2v) is 9.22. The monoisotopic (exact) mass is 379 g/mol. The number of carbonyl (C=O) groups excluding carboxylic acids is 1. The summed E-state index contributed by atoms with van der Waals surface area (Å²) >= 11 is 0. The van der Waals surface area contributed by atoms with Crippen molar-refractivity contribution in [3.8, 4) is 0 Å². The van der Waals surface area contributed by atoms with E-state index in [1.807, 2.05) is 0 Å². The van der Waals surface area contributed by atoms with E-state index >= 15 is 0 Å². The van der Waals surface area contributed by atoms with E-state index in [9.17, 15) is 4.79 Å². The normalized spacial score (nSPS) is 28.5. The Hall–Kier alpha value is -0.650. The Morgan fingerprint density at radius 2 is 1.70 bits per heavy atom. The van der Waals surface area contributed by atoms with Gasteiger partial charge in [0.1, 0.15) is 0 Å². The maximum absolute atomic E-state index is 12.7. The van der Waals surface area contributed by atoms with Crippen molar-refractivity contribution in [1.29, 1.82) is 0 Å². The van der Waals surface area contributed by atoms with Crippen LogP contribution in [-0.2, 0) is 9.53 Å². The zero-order valence-corrected chi connectivity index (χ0v) is 17.9. The van der Waals surface area contributed by atoms with Crippen LogP contribution in [0.1, 0.15) is 59.3 Å². The molecule has 5 nitrogen and oxygen atoms in total. The minimum Gasteiger partial charge on any atom is -0.378 e. The lowest BCUT2D eigenvalue weighted by Gasteiger charge is -2.46. The summed E-state index contributed by atoms with van der Waals surface area (Å²) in [6, 6.07) is 0.637. The van der Waals surface area contributed by atoms with Gasteiger partial charge in [0, 0.05) is 57.8 Å².